The third kappa shape index (κ3) is 5.21. The number of hydrogen-bond donors (Lipinski definition) is 2. The Morgan fingerprint density at radius 3 is 2.76 bits per heavy atom. The molecule has 2 N–H and O–H groups in total. The molecule has 0 radical (unpaired) electrons. The Morgan fingerprint density at radius 2 is 1.95 bits per heavy atom. The van der Waals surface area contributed by atoms with Crippen LogP contribution in [0.2, 0.25) is 0 Å². The first-order valence-corrected chi connectivity index (χ1v) is 7.37. The average molecular weight is 285 g/mol. The molecule has 2 aromatic rings. The summed E-state index contributed by atoms with van der Waals surface area (Å²) in [6.45, 7) is 4.53. The summed E-state index contributed by atoms with van der Waals surface area (Å²) in [7, 11) is 0. The Hall–Kier alpha value is -1.84. The van der Waals surface area contributed by atoms with Crippen LogP contribution in [0.25, 0.3) is 0 Å². The largest absolute Gasteiger partial charge is 0.489 e. The van der Waals surface area contributed by atoms with Gasteiger partial charge in [0.1, 0.15) is 12.4 Å². The van der Waals surface area contributed by atoms with E-state index in [2.05, 4.69) is 36.5 Å². The fourth-order valence-corrected chi connectivity index (χ4v) is 2.12. The van der Waals surface area contributed by atoms with Gasteiger partial charge in [0, 0.05) is 13.2 Å². The molecular formula is C18H23NO2. The third-order valence-electron chi connectivity index (χ3n) is 3.39. The molecule has 0 spiro atoms. The van der Waals surface area contributed by atoms with Gasteiger partial charge in [0.15, 0.2) is 0 Å². The van der Waals surface area contributed by atoms with E-state index in [1.165, 1.54) is 16.7 Å². The van der Waals surface area contributed by atoms with E-state index in [1.54, 1.807) is 0 Å². The van der Waals surface area contributed by atoms with Crippen LogP contribution in [0.15, 0.2) is 48.5 Å². The van der Waals surface area contributed by atoms with Gasteiger partial charge in [-0.05, 0) is 48.7 Å². The molecule has 0 aliphatic rings. The third-order valence-corrected chi connectivity index (χ3v) is 3.39. The Kier molecular flexibility index (Phi) is 6.25. The predicted molar refractivity (Wildman–Crippen MR) is 85.4 cm³/mol. The minimum absolute atomic E-state index is 0.229. The Balaban J connectivity index is 1.87. The van der Waals surface area contributed by atoms with E-state index < -0.39 is 0 Å². The molecule has 2 aromatic carbocycles. The van der Waals surface area contributed by atoms with E-state index in [9.17, 15) is 0 Å². The van der Waals surface area contributed by atoms with Gasteiger partial charge in [-0.2, -0.15) is 0 Å². The van der Waals surface area contributed by atoms with Crippen molar-refractivity contribution in [2.75, 3.05) is 13.2 Å². The minimum atomic E-state index is 0.229. The summed E-state index contributed by atoms with van der Waals surface area (Å²) in [5.74, 6) is 0.889. The molecule has 0 bridgehead atoms. The summed E-state index contributed by atoms with van der Waals surface area (Å²) < 4.78 is 5.87. The molecule has 2 rings (SSSR count). The Bertz CT molecular complexity index is 554. The molecular weight excluding hydrogens is 262 g/mol. The maximum absolute atomic E-state index is 8.75. The molecule has 21 heavy (non-hydrogen) atoms. The van der Waals surface area contributed by atoms with Gasteiger partial charge in [0.2, 0.25) is 0 Å². The zero-order valence-electron chi connectivity index (χ0n) is 12.5. The van der Waals surface area contributed by atoms with Crippen molar-refractivity contribution in [1.29, 1.82) is 0 Å². The molecule has 0 aromatic heterocycles. The van der Waals surface area contributed by atoms with Crippen LogP contribution in [-0.2, 0) is 13.2 Å². The first-order valence-electron chi connectivity index (χ1n) is 7.37. The summed E-state index contributed by atoms with van der Waals surface area (Å²) in [4.78, 5) is 0. The highest BCUT2D eigenvalue weighted by Gasteiger charge is 2.00. The van der Waals surface area contributed by atoms with Gasteiger partial charge in [-0.1, -0.05) is 36.4 Å². The lowest BCUT2D eigenvalue weighted by Gasteiger charge is -2.10. The second-order valence-corrected chi connectivity index (χ2v) is 5.12. The molecule has 0 saturated carbocycles. The maximum Gasteiger partial charge on any atom is 0.120 e. The van der Waals surface area contributed by atoms with Gasteiger partial charge in [-0.3, -0.25) is 0 Å². The molecule has 3 nitrogen and oxygen atoms in total. The van der Waals surface area contributed by atoms with Crippen molar-refractivity contribution in [3.8, 4) is 5.75 Å². The molecule has 0 aliphatic heterocycles. The molecule has 0 fully saturated rings. The van der Waals surface area contributed by atoms with Crippen LogP contribution >= 0.6 is 0 Å². The standard InChI is InChI=1S/C18H23NO2/c1-15-6-2-3-8-17(15)14-21-18-9-4-7-16(12-18)13-19-10-5-11-20/h2-4,6-9,12,19-20H,5,10-11,13-14H2,1H3. The van der Waals surface area contributed by atoms with Crippen LogP contribution < -0.4 is 10.1 Å². The molecule has 0 heterocycles. The van der Waals surface area contributed by atoms with Crippen molar-refractivity contribution in [3.63, 3.8) is 0 Å². The van der Waals surface area contributed by atoms with Gasteiger partial charge in [0.25, 0.3) is 0 Å². The van der Waals surface area contributed by atoms with Crippen LogP contribution in [0.5, 0.6) is 5.75 Å². The summed E-state index contributed by atoms with van der Waals surface area (Å²) in [5.41, 5.74) is 3.65. The fraction of sp³-hybridized carbons (Fsp3) is 0.333. The first kappa shape index (κ1) is 15.5. The second-order valence-electron chi connectivity index (χ2n) is 5.12. The number of aliphatic hydroxyl groups excluding tert-OH is 1. The molecule has 0 aliphatic carbocycles. The van der Waals surface area contributed by atoms with Gasteiger partial charge in [-0.25, -0.2) is 0 Å². The summed E-state index contributed by atoms with van der Waals surface area (Å²) in [5, 5.41) is 12.0. The SMILES string of the molecule is Cc1ccccc1COc1cccc(CNCCCO)c1. The first-order chi connectivity index (χ1) is 10.3. The number of rotatable bonds is 8. The van der Waals surface area contributed by atoms with Crippen molar-refractivity contribution in [3.05, 3.63) is 65.2 Å². The molecule has 0 amide bonds. The zero-order valence-corrected chi connectivity index (χ0v) is 12.5. The van der Waals surface area contributed by atoms with Crippen molar-refractivity contribution in [2.24, 2.45) is 0 Å². The van der Waals surface area contributed by atoms with E-state index in [4.69, 9.17) is 9.84 Å². The number of nitrogens with one attached hydrogen (secondary N) is 1. The smallest absolute Gasteiger partial charge is 0.120 e. The lowest BCUT2D eigenvalue weighted by atomic mass is 10.1. The van der Waals surface area contributed by atoms with E-state index in [0.717, 1.165) is 25.3 Å². The lowest BCUT2D eigenvalue weighted by Crippen LogP contribution is -2.15. The number of benzene rings is 2. The monoisotopic (exact) mass is 285 g/mol. The normalized spacial score (nSPS) is 10.6. The molecule has 112 valence electrons. The highest BCUT2D eigenvalue weighted by Crippen LogP contribution is 2.16. The van der Waals surface area contributed by atoms with Crippen LogP contribution in [-0.4, -0.2) is 18.3 Å². The predicted octanol–water partition coefficient (Wildman–Crippen LogP) is 3.05. The lowest BCUT2D eigenvalue weighted by molar-refractivity contribution is 0.286. The van der Waals surface area contributed by atoms with Gasteiger partial charge in [-0.15, -0.1) is 0 Å². The van der Waals surface area contributed by atoms with E-state index >= 15 is 0 Å². The van der Waals surface area contributed by atoms with Crippen molar-refractivity contribution >= 4 is 0 Å². The summed E-state index contributed by atoms with van der Waals surface area (Å²) in [6.07, 6.45) is 0.781. The summed E-state index contributed by atoms with van der Waals surface area (Å²) >= 11 is 0. The van der Waals surface area contributed by atoms with E-state index in [0.29, 0.717) is 6.61 Å². The van der Waals surface area contributed by atoms with Gasteiger partial charge < -0.3 is 15.2 Å². The van der Waals surface area contributed by atoms with Crippen LogP contribution in [0.3, 0.4) is 0 Å². The summed E-state index contributed by atoms with van der Waals surface area (Å²) in [6, 6.07) is 16.4. The van der Waals surface area contributed by atoms with Crippen LogP contribution in [0, 0.1) is 6.92 Å². The quantitative estimate of drug-likeness (QED) is 0.733. The Labute approximate surface area is 126 Å². The Morgan fingerprint density at radius 1 is 1.10 bits per heavy atom. The molecule has 0 unspecified atom stereocenters. The van der Waals surface area contributed by atoms with E-state index in [-0.39, 0.29) is 6.61 Å². The van der Waals surface area contributed by atoms with Crippen molar-refractivity contribution in [2.45, 2.75) is 26.5 Å². The van der Waals surface area contributed by atoms with Crippen molar-refractivity contribution in [1.82, 2.24) is 5.32 Å². The number of aliphatic hydroxyl groups is 1. The van der Waals surface area contributed by atoms with Crippen molar-refractivity contribution < 1.29 is 9.84 Å². The molecule has 0 saturated heterocycles. The number of aryl methyl sites for hydroxylation is 1. The minimum Gasteiger partial charge on any atom is -0.489 e. The number of ether oxygens (including phenoxy) is 1. The molecule has 3 heteroatoms. The van der Waals surface area contributed by atoms with Crippen LogP contribution in [0.1, 0.15) is 23.1 Å². The highest BCUT2D eigenvalue weighted by molar-refractivity contribution is 5.30. The second kappa shape index (κ2) is 8.45. The van der Waals surface area contributed by atoms with Crippen LogP contribution in [0.4, 0.5) is 0 Å². The van der Waals surface area contributed by atoms with E-state index in [1.807, 2.05) is 24.3 Å². The zero-order chi connectivity index (χ0) is 14.9. The topological polar surface area (TPSA) is 41.5 Å². The van der Waals surface area contributed by atoms with Gasteiger partial charge in [0.05, 0.1) is 0 Å². The van der Waals surface area contributed by atoms with Gasteiger partial charge >= 0.3 is 0 Å². The maximum atomic E-state index is 8.75. The number of hydrogen-bond acceptors (Lipinski definition) is 3. The molecule has 0 atom stereocenters. The average Bonchev–Trinajstić information content (AvgIpc) is 2.51. The highest BCUT2D eigenvalue weighted by atomic mass is 16.5. The fourth-order valence-electron chi connectivity index (χ4n) is 2.12.